The summed E-state index contributed by atoms with van der Waals surface area (Å²) in [5.74, 6) is 0.560. The number of ether oxygens (including phenoxy) is 1. The molecule has 0 fully saturated rings. The highest BCUT2D eigenvalue weighted by Crippen LogP contribution is 2.41. The average Bonchev–Trinajstić information content (AvgIpc) is 3.31. The molecule has 178 valence electrons. The number of hydrogen-bond donors (Lipinski definition) is 0. The lowest BCUT2D eigenvalue weighted by Gasteiger charge is -2.19. The molecule has 2 heterocycles. The van der Waals surface area contributed by atoms with E-state index in [0.717, 1.165) is 17.1 Å². The predicted octanol–water partition coefficient (Wildman–Crippen LogP) is 5.66. The fraction of sp³-hybridized carbons (Fsp3) is 0.250. The fourth-order valence-electron chi connectivity index (χ4n) is 4.41. The highest BCUT2D eigenvalue weighted by Gasteiger charge is 2.23. The second-order valence-electron chi connectivity index (χ2n) is 8.41. The monoisotopic (exact) mass is 484 g/mol. The first kappa shape index (κ1) is 23.3. The molecule has 35 heavy (non-hydrogen) atoms. The third kappa shape index (κ3) is 4.61. The number of nitrogens with zero attached hydrogens (tertiary/aromatic N) is 4. The highest BCUT2D eigenvalue weighted by atomic mass is 32.2. The molecule has 0 aliphatic rings. The zero-order chi connectivity index (χ0) is 24.2. The Kier molecular flexibility index (Phi) is 6.97. The van der Waals surface area contributed by atoms with Crippen LogP contribution in [0.25, 0.3) is 16.7 Å². The van der Waals surface area contributed by atoms with Gasteiger partial charge in [0.1, 0.15) is 0 Å². The maximum absolute atomic E-state index is 13.4. The first-order valence-electron chi connectivity index (χ1n) is 11.9. The lowest BCUT2D eigenvalue weighted by Crippen LogP contribution is -2.24. The zero-order valence-corrected chi connectivity index (χ0v) is 20.7. The molecule has 2 aromatic heterocycles. The van der Waals surface area contributed by atoms with E-state index in [1.54, 1.807) is 16.3 Å². The zero-order valence-electron chi connectivity index (χ0n) is 19.9. The Morgan fingerprint density at radius 2 is 1.69 bits per heavy atom. The van der Waals surface area contributed by atoms with Gasteiger partial charge >= 0.3 is 0 Å². The molecular formula is C28H28N4O2S. The van der Waals surface area contributed by atoms with Gasteiger partial charge < -0.3 is 4.74 Å². The molecule has 0 aliphatic carbocycles. The van der Waals surface area contributed by atoms with Crippen molar-refractivity contribution in [3.05, 3.63) is 106 Å². The number of para-hydroxylation sites is 1. The number of hydrogen-bond acceptors (Lipinski definition) is 5. The van der Waals surface area contributed by atoms with Crippen LogP contribution in [0, 0.1) is 6.92 Å². The van der Waals surface area contributed by atoms with E-state index >= 15 is 0 Å². The van der Waals surface area contributed by atoms with Gasteiger partial charge in [0.15, 0.2) is 5.16 Å². The highest BCUT2D eigenvalue weighted by molar-refractivity contribution is 7.99. The summed E-state index contributed by atoms with van der Waals surface area (Å²) >= 11 is 1.66. The molecule has 5 aromatic rings. The Morgan fingerprint density at radius 3 is 2.49 bits per heavy atom. The number of thioether (sulfide) groups is 1. The smallest absolute Gasteiger partial charge is 0.262 e. The van der Waals surface area contributed by atoms with Crippen molar-refractivity contribution in [1.29, 1.82) is 0 Å². The molecule has 1 atom stereocenters. The number of aryl methyl sites for hydroxylation is 2. The van der Waals surface area contributed by atoms with Gasteiger partial charge in [-0.25, -0.2) is 0 Å². The minimum atomic E-state index is -0.0490. The molecule has 0 saturated heterocycles. The first-order chi connectivity index (χ1) is 17.2. The molecule has 7 heteroatoms. The topological polar surface area (TPSA) is 61.4 Å². The molecule has 0 N–H and O–H groups in total. The summed E-state index contributed by atoms with van der Waals surface area (Å²) in [5, 5.41) is 10.5. The molecular weight excluding hydrogens is 456 g/mol. The first-order valence-corrected chi connectivity index (χ1v) is 12.8. The maximum Gasteiger partial charge on any atom is 0.262 e. The molecule has 1 unspecified atom stereocenters. The Hall–Kier alpha value is -3.42. The van der Waals surface area contributed by atoms with Crippen LogP contribution in [-0.4, -0.2) is 32.4 Å². The van der Waals surface area contributed by atoms with Crippen molar-refractivity contribution >= 4 is 28.4 Å². The summed E-state index contributed by atoms with van der Waals surface area (Å²) in [6.07, 6.45) is 0.729. The van der Waals surface area contributed by atoms with E-state index in [1.165, 1.54) is 16.7 Å². The molecule has 0 radical (unpaired) electrons. The molecule has 0 bridgehead atoms. The molecule has 3 aromatic carbocycles. The number of aromatic nitrogens is 4. The maximum atomic E-state index is 13.4. The standard InChI is InChI=1S/C28H28N4O2S/c1-3-34-19-11-18-31-26(33)23-16-9-10-17-24(23)32-27(31)29-30-28(32)35-25(21-13-5-4-6-14-21)22-15-8-7-12-20(22)2/h4-10,12-17,25H,3,11,18-19H2,1-2H3. The van der Waals surface area contributed by atoms with Crippen LogP contribution in [0.5, 0.6) is 0 Å². The average molecular weight is 485 g/mol. The quantitative estimate of drug-likeness (QED) is 0.200. The largest absolute Gasteiger partial charge is 0.382 e. The SMILES string of the molecule is CCOCCCn1c(=O)c2ccccc2n2c(SC(c3ccccc3)c3ccccc3C)nnc12. The van der Waals surface area contributed by atoms with Gasteiger partial charge in [-0.2, -0.15) is 0 Å². The van der Waals surface area contributed by atoms with E-state index in [4.69, 9.17) is 4.74 Å². The van der Waals surface area contributed by atoms with Crippen molar-refractivity contribution in [2.75, 3.05) is 13.2 Å². The van der Waals surface area contributed by atoms with Crippen LogP contribution in [0.15, 0.2) is 88.8 Å². The normalized spacial score (nSPS) is 12.4. The third-order valence-electron chi connectivity index (χ3n) is 6.15. The van der Waals surface area contributed by atoms with Crippen LogP contribution in [0.2, 0.25) is 0 Å². The number of fused-ring (bicyclic) bond motifs is 3. The lowest BCUT2D eigenvalue weighted by atomic mass is 10.0. The van der Waals surface area contributed by atoms with Gasteiger partial charge in [-0.3, -0.25) is 13.8 Å². The van der Waals surface area contributed by atoms with Crippen LogP contribution >= 0.6 is 11.8 Å². The second kappa shape index (κ2) is 10.5. The molecule has 0 saturated carbocycles. The molecule has 6 nitrogen and oxygen atoms in total. The van der Waals surface area contributed by atoms with Gasteiger partial charge in [0.25, 0.3) is 5.56 Å². The van der Waals surface area contributed by atoms with Crippen LogP contribution in [0.4, 0.5) is 0 Å². The van der Waals surface area contributed by atoms with Crippen molar-refractivity contribution in [3.8, 4) is 0 Å². The molecule has 5 rings (SSSR count). The minimum absolute atomic E-state index is 0.0295. The summed E-state index contributed by atoms with van der Waals surface area (Å²) < 4.78 is 9.25. The van der Waals surface area contributed by atoms with Crippen molar-refractivity contribution in [2.45, 2.75) is 37.2 Å². The Bertz CT molecular complexity index is 1510. The van der Waals surface area contributed by atoms with Crippen molar-refractivity contribution in [3.63, 3.8) is 0 Å². The number of rotatable bonds is 9. The van der Waals surface area contributed by atoms with E-state index < -0.39 is 0 Å². The molecule has 0 amide bonds. The lowest BCUT2D eigenvalue weighted by molar-refractivity contribution is 0.141. The van der Waals surface area contributed by atoms with Gasteiger partial charge in [-0.05, 0) is 49.1 Å². The fourth-order valence-corrected chi connectivity index (χ4v) is 5.67. The minimum Gasteiger partial charge on any atom is -0.382 e. The second-order valence-corrected chi connectivity index (χ2v) is 9.48. The molecule has 0 spiro atoms. The third-order valence-corrected chi connectivity index (χ3v) is 7.39. The Morgan fingerprint density at radius 1 is 0.943 bits per heavy atom. The van der Waals surface area contributed by atoms with Crippen LogP contribution in [0.3, 0.4) is 0 Å². The van der Waals surface area contributed by atoms with E-state index in [9.17, 15) is 4.79 Å². The van der Waals surface area contributed by atoms with E-state index in [0.29, 0.717) is 30.9 Å². The van der Waals surface area contributed by atoms with Gasteiger partial charge in [0.05, 0.1) is 16.2 Å². The van der Waals surface area contributed by atoms with Gasteiger partial charge in [-0.1, -0.05) is 78.5 Å². The summed E-state index contributed by atoms with van der Waals surface area (Å²) in [6.45, 7) is 5.89. The van der Waals surface area contributed by atoms with Crippen molar-refractivity contribution in [2.24, 2.45) is 0 Å². The van der Waals surface area contributed by atoms with Crippen LogP contribution in [-0.2, 0) is 11.3 Å². The predicted molar refractivity (Wildman–Crippen MR) is 141 cm³/mol. The summed E-state index contributed by atoms with van der Waals surface area (Å²) in [4.78, 5) is 13.4. The Labute approximate surface area is 208 Å². The van der Waals surface area contributed by atoms with E-state index in [1.807, 2.05) is 41.7 Å². The molecule has 0 aliphatic heterocycles. The van der Waals surface area contributed by atoms with Gasteiger partial charge in [0.2, 0.25) is 5.78 Å². The van der Waals surface area contributed by atoms with Crippen molar-refractivity contribution in [1.82, 2.24) is 19.2 Å². The summed E-state index contributed by atoms with van der Waals surface area (Å²) in [5.41, 5.74) is 4.41. The van der Waals surface area contributed by atoms with Crippen molar-refractivity contribution < 1.29 is 4.74 Å². The van der Waals surface area contributed by atoms with Gasteiger partial charge in [-0.15, -0.1) is 10.2 Å². The van der Waals surface area contributed by atoms with E-state index in [2.05, 4.69) is 65.7 Å². The van der Waals surface area contributed by atoms with E-state index in [-0.39, 0.29) is 10.8 Å². The van der Waals surface area contributed by atoms with Crippen LogP contribution < -0.4 is 5.56 Å². The van der Waals surface area contributed by atoms with Gasteiger partial charge in [0, 0.05) is 19.8 Å². The summed E-state index contributed by atoms with van der Waals surface area (Å²) in [6, 6.07) is 26.6. The number of benzene rings is 3. The van der Waals surface area contributed by atoms with Crippen LogP contribution in [0.1, 0.15) is 35.3 Å². The summed E-state index contributed by atoms with van der Waals surface area (Å²) in [7, 11) is 0. The Balaban J connectivity index is 1.65.